The maximum absolute atomic E-state index is 14.0. The number of benzene rings is 2. The fourth-order valence-electron chi connectivity index (χ4n) is 3.87. The summed E-state index contributed by atoms with van der Waals surface area (Å²) in [6.07, 6.45) is 4.02. The van der Waals surface area contributed by atoms with E-state index in [1.807, 2.05) is 12.1 Å². The van der Waals surface area contributed by atoms with Crippen molar-refractivity contribution in [2.75, 3.05) is 18.5 Å². The molecule has 0 bridgehead atoms. The molecule has 6 heteroatoms. The first-order valence-corrected chi connectivity index (χ1v) is 9.10. The van der Waals surface area contributed by atoms with E-state index in [-0.39, 0.29) is 11.4 Å². The molecule has 28 heavy (non-hydrogen) atoms. The van der Waals surface area contributed by atoms with Crippen molar-refractivity contribution in [2.45, 2.75) is 6.42 Å². The second-order valence-corrected chi connectivity index (χ2v) is 6.95. The zero-order valence-corrected chi connectivity index (χ0v) is 15.3. The van der Waals surface area contributed by atoms with E-state index in [4.69, 9.17) is 0 Å². The zero-order valence-electron chi connectivity index (χ0n) is 15.3. The highest BCUT2D eigenvalue weighted by Crippen LogP contribution is 2.36. The Morgan fingerprint density at radius 1 is 1.11 bits per heavy atom. The minimum Gasteiger partial charge on any atom is -0.374 e. The van der Waals surface area contributed by atoms with Crippen molar-refractivity contribution in [3.63, 3.8) is 0 Å². The summed E-state index contributed by atoms with van der Waals surface area (Å²) in [4.78, 5) is 19.0. The Morgan fingerprint density at radius 3 is 2.86 bits per heavy atom. The molecule has 0 N–H and O–H groups in total. The van der Waals surface area contributed by atoms with Gasteiger partial charge in [-0.25, -0.2) is 9.37 Å². The Morgan fingerprint density at radius 2 is 2.00 bits per heavy atom. The summed E-state index contributed by atoms with van der Waals surface area (Å²) in [5.74, 6) is -0.681. The van der Waals surface area contributed by atoms with Crippen LogP contribution < -0.4 is 10.5 Å². The molecular formula is C22H17FN4O. The first-order chi connectivity index (χ1) is 13.6. The van der Waals surface area contributed by atoms with Crippen LogP contribution in [0.15, 0.2) is 65.7 Å². The highest BCUT2D eigenvalue weighted by molar-refractivity contribution is 5.88. The number of pyridine rings is 1. The van der Waals surface area contributed by atoms with Crippen molar-refractivity contribution in [3.05, 3.63) is 82.7 Å². The molecule has 138 valence electrons. The van der Waals surface area contributed by atoms with E-state index in [0.717, 1.165) is 28.6 Å². The van der Waals surface area contributed by atoms with Gasteiger partial charge >= 0.3 is 0 Å². The molecule has 0 spiro atoms. The highest BCUT2D eigenvalue weighted by Gasteiger charge is 2.19. The molecule has 5 nitrogen and oxygen atoms in total. The molecule has 2 aromatic carbocycles. The smallest absolute Gasteiger partial charge is 0.280 e. The van der Waals surface area contributed by atoms with E-state index >= 15 is 0 Å². The molecule has 0 radical (unpaired) electrons. The summed E-state index contributed by atoms with van der Waals surface area (Å²) in [6.45, 7) is 1.00. The van der Waals surface area contributed by atoms with Crippen molar-refractivity contribution in [1.29, 1.82) is 0 Å². The van der Waals surface area contributed by atoms with Crippen LogP contribution in [0.25, 0.3) is 27.7 Å². The van der Waals surface area contributed by atoms with Gasteiger partial charge in [-0.1, -0.05) is 18.2 Å². The number of likely N-dealkylation sites (N-methyl/N-ethyl adjacent to an activating group) is 1. The summed E-state index contributed by atoms with van der Waals surface area (Å²) in [5, 5.41) is 5.35. The van der Waals surface area contributed by atoms with E-state index < -0.39 is 5.82 Å². The molecule has 0 atom stereocenters. The van der Waals surface area contributed by atoms with Gasteiger partial charge in [0.25, 0.3) is 5.56 Å². The Labute approximate surface area is 160 Å². The Kier molecular flexibility index (Phi) is 3.72. The van der Waals surface area contributed by atoms with Crippen LogP contribution in [0.3, 0.4) is 0 Å². The van der Waals surface area contributed by atoms with Crippen molar-refractivity contribution in [1.82, 2.24) is 14.8 Å². The molecule has 2 aromatic heterocycles. The van der Waals surface area contributed by atoms with Crippen molar-refractivity contribution >= 4 is 16.5 Å². The summed E-state index contributed by atoms with van der Waals surface area (Å²) < 4.78 is 15.0. The largest absolute Gasteiger partial charge is 0.374 e. The molecule has 5 rings (SSSR count). The molecule has 0 amide bonds. The van der Waals surface area contributed by atoms with Gasteiger partial charge in [0.1, 0.15) is 0 Å². The van der Waals surface area contributed by atoms with Gasteiger partial charge in [-0.2, -0.15) is 9.78 Å². The molecule has 0 aliphatic carbocycles. The van der Waals surface area contributed by atoms with E-state index in [2.05, 4.69) is 40.2 Å². The first-order valence-electron chi connectivity index (χ1n) is 9.10. The van der Waals surface area contributed by atoms with E-state index in [1.165, 1.54) is 35.1 Å². The number of rotatable bonds is 2. The number of hydrogen-bond donors (Lipinski definition) is 0. The molecule has 1 aliphatic rings. The quantitative estimate of drug-likeness (QED) is 0.540. The van der Waals surface area contributed by atoms with Crippen LogP contribution >= 0.6 is 0 Å². The van der Waals surface area contributed by atoms with Crippen LogP contribution in [0.5, 0.6) is 0 Å². The van der Waals surface area contributed by atoms with Crippen molar-refractivity contribution < 1.29 is 4.39 Å². The van der Waals surface area contributed by atoms with Gasteiger partial charge in [-0.15, -0.1) is 0 Å². The predicted molar refractivity (Wildman–Crippen MR) is 108 cm³/mol. The molecule has 0 fully saturated rings. The molecule has 0 saturated heterocycles. The van der Waals surface area contributed by atoms with Crippen LogP contribution in [0.1, 0.15) is 5.56 Å². The van der Waals surface area contributed by atoms with Gasteiger partial charge in [-0.05, 0) is 53.4 Å². The normalized spacial score (nSPS) is 13.1. The fourth-order valence-corrected chi connectivity index (χ4v) is 3.87. The average Bonchev–Trinajstić information content (AvgIpc) is 3.10. The lowest BCUT2D eigenvalue weighted by Crippen LogP contribution is -2.22. The van der Waals surface area contributed by atoms with E-state index in [0.29, 0.717) is 5.39 Å². The predicted octanol–water partition coefficient (Wildman–Crippen LogP) is 3.58. The number of anilines is 1. The average molecular weight is 372 g/mol. The minimum absolute atomic E-state index is 0.0950. The fraction of sp³-hybridized carbons (Fsp3) is 0.136. The number of nitrogens with zero attached hydrogens (tertiary/aromatic N) is 4. The molecule has 0 unspecified atom stereocenters. The monoisotopic (exact) mass is 372 g/mol. The van der Waals surface area contributed by atoms with Gasteiger partial charge in [0.05, 0.1) is 11.6 Å². The standard InChI is InChI=1S/C22H17FN4O/c1-26-11-9-18-16(4-2-6-20(18)26)14-7-8-17-15(12-14)13-25-27(22(17)28)21-19(23)5-3-10-24-21/h2-8,10,12-13H,9,11H2,1H3. The zero-order chi connectivity index (χ0) is 19.3. The minimum atomic E-state index is -0.586. The van der Waals surface area contributed by atoms with Crippen molar-refractivity contribution in [3.8, 4) is 16.9 Å². The van der Waals surface area contributed by atoms with Crippen LogP contribution in [0, 0.1) is 5.82 Å². The number of fused-ring (bicyclic) bond motifs is 2. The van der Waals surface area contributed by atoms with E-state index in [9.17, 15) is 9.18 Å². The molecule has 0 saturated carbocycles. The lowest BCUT2D eigenvalue weighted by molar-refractivity contribution is 0.595. The van der Waals surface area contributed by atoms with Crippen LogP contribution in [0.4, 0.5) is 10.1 Å². The SMILES string of the molecule is CN1CCc2c(-c3ccc4c(=O)n(-c5ncccc5F)ncc4c3)cccc21. The molecular weight excluding hydrogens is 355 g/mol. The van der Waals surface area contributed by atoms with Crippen LogP contribution in [0.2, 0.25) is 0 Å². The summed E-state index contributed by atoms with van der Waals surface area (Å²) in [6, 6.07) is 14.7. The van der Waals surface area contributed by atoms with Gasteiger partial charge < -0.3 is 4.90 Å². The van der Waals surface area contributed by atoms with Crippen LogP contribution in [-0.4, -0.2) is 28.4 Å². The third-order valence-electron chi connectivity index (χ3n) is 5.30. The third-order valence-corrected chi connectivity index (χ3v) is 5.30. The molecule has 4 aromatic rings. The summed E-state index contributed by atoms with van der Waals surface area (Å²) >= 11 is 0. The van der Waals surface area contributed by atoms with Gasteiger partial charge in [0, 0.05) is 30.9 Å². The number of hydrogen-bond acceptors (Lipinski definition) is 4. The maximum atomic E-state index is 14.0. The van der Waals surface area contributed by atoms with Gasteiger partial charge in [0.15, 0.2) is 11.6 Å². The Bertz CT molecular complexity index is 1280. The second kappa shape index (κ2) is 6.27. The summed E-state index contributed by atoms with van der Waals surface area (Å²) in [7, 11) is 2.10. The molecule has 1 aliphatic heterocycles. The van der Waals surface area contributed by atoms with Crippen LogP contribution in [-0.2, 0) is 6.42 Å². The Hall–Kier alpha value is -3.54. The topological polar surface area (TPSA) is 51.0 Å². The van der Waals surface area contributed by atoms with E-state index in [1.54, 1.807) is 12.3 Å². The first kappa shape index (κ1) is 16.6. The Balaban J connectivity index is 1.66. The summed E-state index contributed by atoms with van der Waals surface area (Å²) in [5.41, 5.74) is 4.39. The second-order valence-electron chi connectivity index (χ2n) is 6.95. The molecule has 3 heterocycles. The number of halogens is 1. The number of aromatic nitrogens is 3. The maximum Gasteiger partial charge on any atom is 0.280 e. The lowest BCUT2D eigenvalue weighted by atomic mass is 9.96. The third kappa shape index (κ3) is 2.49. The van der Waals surface area contributed by atoms with Gasteiger partial charge in [0.2, 0.25) is 0 Å². The highest BCUT2D eigenvalue weighted by atomic mass is 19.1. The van der Waals surface area contributed by atoms with Crippen molar-refractivity contribution in [2.24, 2.45) is 0 Å². The van der Waals surface area contributed by atoms with Gasteiger partial charge in [-0.3, -0.25) is 4.79 Å². The lowest BCUT2D eigenvalue weighted by Gasteiger charge is -2.13.